The van der Waals surface area contributed by atoms with Crippen molar-refractivity contribution >= 4 is 11.3 Å². The van der Waals surface area contributed by atoms with Crippen molar-refractivity contribution < 1.29 is 0 Å². The molecular weight excluding hydrogens is 256 g/mol. The molecule has 0 radical (unpaired) electrons. The van der Waals surface area contributed by atoms with Gasteiger partial charge in [0, 0.05) is 30.2 Å². The molecule has 0 bridgehead atoms. The Morgan fingerprint density at radius 3 is 2.79 bits per heavy atom. The predicted octanol–water partition coefficient (Wildman–Crippen LogP) is 3.17. The molecule has 0 amide bonds. The van der Waals surface area contributed by atoms with Crippen molar-refractivity contribution in [1.29, 1.82) is 0 Å². The second-order valence-corrected chi connectivity index (χ2v) is 6.15. The van der Waals surface area contributed by atoms with Gasteiger partial charge in [0.1, 0.15) is 5.01 Å². The molecule has 0 saturated carbocycles. The van der Waals surface area contributed by atoms with Crippen LogP contribution in [0.25, 0.3) is 10.6 Å². The minimum absolute atomic E-state index is 0.458. The third-order valence-electron chi connectivity index (χ3n) is 2.94. The Kier molecular flexibility index (Phi) is 4.71. The summed E-state index contributed by atoms with van der Waals surface area (Å²) in [6, 6.07) is 0. The molecule has 0 atom stereocenters. The fourth-order valence-electron chi connectivity index (χ4n) is 1.98. The average molecular weight is 278 g/mol. The molecule has 0 fully saturated rings. The monoisotopic (exact) mass is 278 g/mol. The van der Waals surface area contributed by atoms with Crippen LogP contribution in [-0.2, 0) is 13.6 Å². The number of nitrogens with one attached hydrogen (secondary N) is 1. The fourth-order valence-corrected chi connectivity index (χ4v) is 3.14. The van der Waals surface area contributed by atoms with Gasteiger partial charge in [-0.2, -0.15) is 5.10 Å². The molecule has 2 heterocycles. The molecule has 4 nitrogen and oxygen atoms in total. The van der Waals surface area contributed by atoms with E-state index in [0.717, 1.165) is 30.1 Å². The van der Waals surface area contributed by atoms with Gasteiger partial charge in [0.05, 0.1) is 11.9 Å². The van der Waals surface area contributed by atoms with E-state index < -0.39 is 0 Å². The summed E-state index contributed by atoms with van der Waals surface area (Å²) in [5.41, 5.74) is 2.32. The number of hydrogen-bond acceptors (Lipinski definition) is 4. The fraction of sp³-hybridized carbons (Fsp3) is 0.571. The molecule has 0 spiro atoms. The van der Waals surface area contributed by atoms with Crippen LogP contribution in [0.4, 0.5) is 0 Å². The van der Waals surface area contributed by atoms with E-state index in [1.807, 2.05) is 24.1 Å². The highest BCUT2D eigenvalue weighted by Crippen LogP contribution is 2.31. The zero-order valence-electron chi connectivity index (χ0n) is 12.1. The van der Waals surface area contributed by atoms with E-state index >= 15 is 0 Å². The van der Waals surface area contributed by atoms with E-state index in [1.165, 1.54) is 10.6 Å². The Labute approximate surface area is 118 Å². The summed E-state index contributed by atoms with van der Waals surface area (Å²) in [7, 11) is 1.93. The number of aryl methyl sites for hydroxylation is 1. The summed E-state index contributed by atoms with van der Waals surface area (Å²) < 4.78 is 1.82. The van der Waals surface area contributed by atoms with Crippen molar-refractivity contribution in [1.82, 2.24) is 20.1 Å². The van der Waals surface area contributed by atoms with Crippen LogP contribution in [0.3, 0.4) is 0 Å². The zero-order valence-corrected chi connectivity index (χ0v) is 12.9. The molecule has 0 saturated heterocycles. The van der Waals surface area contributed by atoms with Crippen molar-refractivity contribution in [2.45, 2.75) is 39.7 Å². The lowest BCUT2D eigenvalue weighted by molar-refractivity contribution is 0.670. The molecule has 0 aliphatic rings. The Morgan fingerprint density at radius 1 is 1.42 bits per heavy atom. The van der Waals surface area contributed by atoms with Gasteiger partial charge in [0.15, 0.2) is 0 Å². The van der Waals surface area contributed by atoms with E-state index in [0.29, 0.717) is 5.92 Å². The first-order valence-corrected chi connectivity index (χ1v) is 7.62. The van der Waals surface area contributed by atoms with Gasteiger partial charge in [-0.05, 0) is 18.9 Å². The molecule has 2 aromatic rings. The lowest BCUT2D eigenvalue weighted by atomic mass is 10.1. The van der Waals surface area contributed by atoms with Crippen LogP contribution in [-0.4, -0.2) is 21.3 Å². The van der Waals surface area contributed by atoms with Gasteiger partial charge in [0.2, 0.25) is 0 Å². The first kappa shape index (κ1) is 14.2. The lowest BCUT2D eigenvalue weighted by Gasteiger charge is -2.05. The normalized spacial score (nSPS) is 11.4. The predicted molar refractivity (Wildman–Crippen MR) is 80.4 cm³/mol. The standard InChI is InChI=1S/C14H22N4S/c1-5-6-15-8-12-13(10(2)3)17-14(19-12)11-7-16-18(4)9-11/h7,9-10,15H,5-6,8H2,1-4H3. The Bertz CT molecular complexity index is 527. The lowest BCUT2D eigenvalue weighted by Crippen LogP contribution is -2.14. The van der Waals surface area contributed by atoms with Gasteiger partial charge >= 0.3 is 0 Å². The van der Waals surface area contributed by atoms with Crippen LogP contribution in [0.1, 0.15) is 43.7 Å². The number of thiazole rings is 1. The summed E-state index contributed by atoms with van der Waals surface area (Å²) in [5.74, 6) is 0.458. The van der Waals surface area contributed by atoms with Gasteiger partial charge in [0.25, 0.3) is 0 Å². The van der Waals surface area contributed by atoms with E-state index in [4.69, 9.17) is 4.98 Å². The van der Waals surface area contributed by atoms with Crippen molar-refractivity contribution in [2.24, 2.45) is 7.05 Å². The molecule has 0 aliphatic carbocycles. The third kappa shape index (κ3) is 3.42. The van der Waals surface area contributed by atoms with Crippen molar-refractivity contribution in [3.05, 3.63) is 23.0 Å². The molecule has 0 aliphatic heterocycles. The first-order valence-electron chi connectivity index (χ1n) is 6.81. The maximum Gasteiger partial charge on any atom is 0.127 e. The summed E-state index contributed by atoms with van der Waals surface area (Å²) in [6.45, 7) is 8.55. The van der Waals surface area contributed by atoms with Crippen LogP contribution in [0.2, 0.25) is 0 Å². The minimum atomic E-state index is 0.458. The quantitative estimate of drug-likeness (QED) is 0.825. The second kappa shape index (κ2) is 6.30. The zero-order chi connectivity index (χ0) is 13.8. The largest absolute Gasteiger partial charge is 0.312 e. The summed E-state index contributed by atoms with van der Waals surface area (Å²) in [5, 5.41) is 8.76. The van der Waals surface area contributed by atoms with Crippen LogP contribution in [0.15, 0.2) is 12.4 Å². The van der Waals surface area contributed by atoms with E-state index in [1.54, 1.807) is 11.3 Å². The molecule has 0 unspecified atom stereocenters. The molecule has 5 heteroatoms. The maximum atomic E-state index is 4.80. The summed E-state index contributed by atoms with van der Waals surface area (Å²) in [6.07, 6.45) is 5.06. The van der Waals surface area contributed by atoms with Gasteiger partial charge in [-0.15, -0.1) is 11.3 Å². The number of aromatic nitrogens is 3. The molecule has 2 rings (SSSR count). The highest BCUT2D eigenvalue weighted by Gasteiger charge is 2.15. The Hall–Kier alpha value is -1.20. The van der Waals surface area contributed by atoms with Gasteiger partial charge in [-0.25, -0.2) is 4.98 Å². The molecule has 2 aromatic heterocycles. The van der Waals surface area contributed by atoms with Gasteiger partial charge < -0.3 is 5.32 Å². The van der Waals surface area contributed by atoms with E-state index in [-0.39, 0.29) is 0 Å². The molecule has 1 N–H and O–H groups in total. The highest BCUT2D eigenvalue weighted by atomic mass is 32.1. The first-order chi connectivity index (χ1) is 9.11. The SMILES string of the molecule is CCCNCc1sc(-c2cnn(C)c2)nc1C(C)C. The van der Waals surface area contributed by atoms with Crippen LogP contribution >= 0.6 is 11.3 Å². The second-order valence-electron chi connectivity index (χ2n) is 5.06. The smallest absolute Gasteiger partial charge is 0.127 e. The Balaban J connectivity index is 2.24. The molecular formula is C14H22N4S. The summed E-state index contributed by atoms with van der Waals surface area (Å²) in [4.78, 5) is 6.15. The Morgan fingerprint density at radius 2 is 2.21 bits per heavy atom. The van der Waals surface area contributed by atoms with Gasteiger partial charge in [-0.1, -0.05) is 20.8 Å². The maximum absolute atomic E-state index is 4.80. The topological polar surface area (TPSA) is 42.7 Å². The van der Waals surface area contributed by atoms with Crippen molar-refractivity contribution in [2.75, 3.05) is 6.54 Å². The minimum Gasteiger partial charge on any atom is -0.312 e. The van der Waals surface area contributed by atoms with Crippen molar-refractivity contribution in [3.63, 3.8) is 0 Å². The van der Waals surface area contributed by atoms with Crippen LogP contribution in [0.5, 0.6) is 0 Å². The third-order valence-corrected chi connectivity index (χ3v) is 4.06. The number of rotatable bonds is 6. The van der Waals surface area contributed by atoms with Crippen LogP contribution in [0, 0.1) is 0 Å². The van der Waals surface area contributed by atoms with Crippen molar-refractivity contribution in [3.8, 4) is 10.6 Å². The van der Waals surface area contributed by atoms with Gasteiger partial charge in [-0.3, -0.25) is 4.68 Å². The van der Waals surface area contributed by atoms with E-state index in [9.17, 15) is 0 Å². The highest BCUT2D eigenvalue weighted by molar-refractivity contribution is 7.15. The molecule has 104 valence electrons. The number of nitrogens with zero attached hydrogens (tertiary/aromatic N) is 3. The molecule has 0 aromatic carbocycles. The number of hydrogen-bond donors (Lipinski definition) is 1. The average Bonchev–Trinajstić information content (AvgIpc) is 2.96. The van der Waals surface area contributed by atoms with Crippen LogP contribution < -0.4 is 5.32 Å². The summed E-state index contributed by atoms with van der Waals surface area (Å²) >= 11 is 1.78. The molecule has 19 heavy (non-hydrogen) atoms. The van der Waals surface area contributed by atoms with E-state index in [2.05, 4.69) is 31.2 Å².